The second-order valence-corrected chi connectivity index (χ2v) is 4.77. The molecule has 1 heterocycles. The van der Waals surface area contributed by atoms with Crippen LogP contribution in [0.15, 0.2) is 30.9 Å². The third kappa shape index (κ3) is 3.84. The molecule has 1 rings (SSSR count). The van der Waals surface area contributed by atoms with E-state index in [0.717, 1.165) is 0 Å². The number of allylic oxidation sites excluding steroid dienone is 1. The highest BCUT2D eigenvalue weighted by Crippen LogP contribution is 2.24. The highest BCUT2D eigenvalue weighted by Gasteiger charge is 2.11. The van der Waals surface area contributed by atoms with Crippen LogP contribution in [0.4, 0.5) is 0 Å². The van der Waals surface area contributed by atoms with E-state index in [1.54, 1.807) is 0 Å². The van der Waals surface area contributed by atoms with E-state index in [0.29, 0.717) is 12.0 Å². The van der Waals surface area contributed by atoms with Crippen molar-refractivity contribution in [3.8, 4) is 0 Å². The minimum absolute atomic E-state index is 0.543. The molecular formula is C14H24N2. The molecule has 0 saturated heterocycles. The molecule has 1 aromatic heterocycles. The maximum Gasteiger partial charge on any atom is 0.0948 e. The Balaban J connectivity index is 2.40. The number of nitrogens with zero attached hydrogens (tertiary/aromatic N) is 2. The molecule has 2 nitrogen and oxygen atoms in total. The van der Waals surface area contributed by atoms with Gasteiger partial charge in [0.2, 0.25) is 0 Å². The summed E-state index contributed by atoms with van der Waals surface area (Å²) in [6, 6.07) is 0.543. The third-order valence-corrected chi connectivity index (χ3v) is 3.30. The zero-order valence-electron chi connectivity index (χ0n) is 10.8. The topological polar surface area (TPSA) is 17.8 Å². The van der Waals surface area contributed by atoms with Gasteiger partial charge in [-0.05, 0) is 39.0 Å². The van der Waals surface area contributed by atoms with Gasteiger partial charge in [-0.1, -0.05) is 25.5 Å². The van der Waals surface area contributed by atoms with E-state index in [1.165, 1.54) is 31.3 Å². The minimum atomic E-state index is 0.543. The average molecular weight is 220 g/mol. The molecule has 0 fully saturated rings. The second-order valence-electron chi connectivity index (χ2n) is 4.77. The predicted molar refractivity (Wildman–Crippen MR) is 69.4 cm³/mol. The molecule has 0 aliphatic carbocycles. The van der Waals surface area contributed by atoms with E-state index >= 15 is 0 Å². The SMILES string of the molecule is C=C(C)C(CCC)CCC(C)n1ccnc1. The molecule has 0 radical (unpaired) electrons. The first-order valence-electron chi connectivity index (χ1n) is 6.28. The first-order chi connectivity index (χ1) is 7.65. The van der Waals surface area contributed by atoms with Gasteiger partial charge < -0.3 is 4.57 Å². The van der Waals surface area contributed by atoms with Crippen LogP contribution in [-0.4, -0.2) is 9.55 Å². The molecule has 90 valence electrons. The molecule has 2 heteroatoms. The van der Waals surface area contributed by atoms with Crippen LogP contribution >= 0.6 is 0 Å². The summed E-state index contributed by atoms with van der Waals surface area (Å²) < 4.78 is 2.18. The lowest BCUT2D eigenvalue weighted by Gasteiger charge is -2.19. The van der Waals surface area contributed by atoms with Gasteiger partial charge in [-0.3, -0.25) is 0 Å². The Bertz CT molecular complexity index is 301. The van der Waals surface area contributed by atoms with Crippen molar-refractivity contribution in [1.82, 2.24) is 9.55 Å². The molecule has 1 aromatic rings. The highest BCUT2D eigenvalue weighted by molar-refractivity contribution is 4.96. The van der Waals surface area contributed by atoms with Crippen molar-refractivity contribution >= 4 is 0 Å². The largest absolute Gasteiger partial charge is 0.335 e. The number of hydrogen-bond acceptors (Lipinski definition) is 1. The minimum Gasteiger partial charge on any atom is -0.335 e. The maximum absolute atomic E-state index is 4.10. The molecule has 0 bridgehead atoms. The molecule has 0 spiro atoms. The number of hydrogen-bond donors (Lipinski definition) is 0. The molecule has 2 atom stereocenters. The fourth-order valence-corrected chi connectivity index (χ4v) is 2.11. The van der Waals surface area contributed by atoms with Gasteiger partial charge in [-0.15, -0.1) is 0 Å². The lowest BCUT2D eigenvalue weighted by Crippen LogP contribution is -2.07. The first kappa shape index (κ1) is 13.0. The summed E-state index contributed by atoms with van der Waals surface area (Å²) in [5.74, 6) is 0.691. The smallest absolute Gasteiger partial charge is 0.0948 e. The van der Waals surface area contributed by atoms with Crippen LogP contribution in [0.1, 0.15) is 52.5 Å². The molecule has 0 aliphatic heterocycles. The molecule has 0 N–H and O–H groups in total. The van der Waals surface area contributed by atoms with Crippen molar-refractivity contribution in [3.05, 3.63) is 30.9 Å². The molecule has 0 amide bonds. The van der Waals surface area contributed by atoms with Gasteiger partial charge in [0.1, 0.15) is 0 Å². The summed E-state index contributed by atoms with van der Waals surface area (Å²) in [4.78, 5) is 4.09. The van der Waals surface area contributed by atoms with Crippen LogP contribution in [0.25, 0.3) is 0 Å². The van der Waals surface area contributed by atoms with E-state index < -0.39 is 0 Å². The molecule has 16 heavy (non-hydrogen) atoms. The lowest BCUT2D eigenvalue weighted by atomic mass is 9.90. The van der Waals surface area contributed by atoms with Crippen LogP contribution in [0, 0.1) is 5.92 Å². The lowest BCUT2D eigenvalue weighted by molar-refractivity contribution is 0.417. The van der Waals surface area contributed by atoms with Crippen molar-refractivity contribution in [1.29, 1.82) is 0 Å². The van der Waals surface area contributed by atoms with Crippen LogP contribution in [-0.2, 0) is 0 Å². The summed E-state index contributed by atoms with van der Waals surface area (Å²) in [6.07, 6.45) is 10.7. The van der Waals surface area contributed by atoms with Gasteiger partial charge in [0.25, 0.3) is 0 Å². The Morgan fingerprint density at radius 1 is 1.38 bits per heavy atom. The maximum atomic E-state index is 4.10. The summed E-state index contributed by atoms with van der Waals surface area (Å²) in [6.45, 7) is 10.7. The van der Waals surface area contributed by atoms with Crippen LogP contribution < -0.4 is 0 Å². The van der Waals surface area contributed by atoms with Gasteiger partial charge in [-0.2, -0.15) is 0 Å². The Kier molecular flexibility index (Phi) is 5.30. The summed E-state index contributed by atoms with van der Waals surface area (Å²) in [5.41, 5.74) is 1.33. The second kappa shape index (κ2) is 6.51. The standard InChI is InChI=1S/C14H24N2/c1-5-6-14(12(2)3)8-7-13(4)16-10-9-15-11-16/h9-11,13-14H,2,5-8H2,1,3-4H3. The van der Waals surface area contributed by atoms with Crippen molar-refractivity contribution in [2.45, 2.75) is 52.5 Å². The monoisotopic (exact) mass is 220 g/mol. The summed E-state index contributed by atoms with van der Waals surface area (Å²) in [7, 11) is 0. The Hall–Kier alpha value is -1.05. The molecule has 2 unspecified atom stereocenters. The normalized spacial score (nSPS) is 14.7. The van der Waals surface area contributed by atoms with Gasteiger partial charge in [0.05, 0.1) is 6.33 Å². The van der Waals surface area contributed by atoms with E-state index in [9.17, 15) is 0 Å². The fourth-order valence-electron chi connectivity index (χ4n) is 2.11. The van der Waals surface area contributed by atoms with E-state index in [1.807, 2.05) is 18.7 Å². The molecular weight excluding hydrogens is 196 g/mol. The Morgan fingerprint density at radius 2 is 2.12 bits per heavy atom. The average Bonchev–Trinajstić information content (AvgIpc) is 2.76. The third-order valence-electron chi connectivity index (χ3n) is 3.30. The predicted octanol–water partition coefficient (Wildman–Crippen LogP) is 4.22. The number of aromatic nitrogens is 2. The zero-order chi connectivity index (χ0) is 12.0. The van der Waals surface area contributed by atoms with Gasteiger partial charge >= 0.3 is 0 Å². The summed E-state index contributed by atoms with van der Waals surface area (Å²) in [5, 5.41) is 0. The molecule has 0 saturated carbocycles. The highest BCUT2D eigenvalue weighted by atomic mass is 15.0. The number of rotatable bonds is 7. The fraction of sp³-hybridized carbons (Fsp3) is 0.643. The van der Waals surface area contributed by atoms with Crippen molar-refractivity contribution in [2.24, 2.45) is 5.92 Å². The molecule has 0 aliphatic rings. The van der Waals surface area contributed by atoms with E-state index in [4.69, 9.17) is 0 Å². The molecule has 0 aromatic carbocycles. The van der Waals surface area contributed by atoms with Crippen molar-refractivity contribution in [2.75, 3.05) is 0 Å². The van der Waals surface area contributed by atoms with Crippen molar-refractivity contribution < 1.29 is 0 Å². The number of imidazole rings is 1. The van der Waals surface area contributed by atoms with Gasteiger partial charge in [0, 0.05) is 18.4 Å². The van der Waals surface area contributed by atoms with Crippen LogP contribution in [0.5, 0.6) is 0 Å². The zero-order valence-corrected chi connectivity index (χ0v) is 10.8. The van der Waals surface area contributed by atoms with Gasteiger partial charge in [-0.25, -0.2) is 4.98 Å². The van der Waals surface area contributed by atoms with E-state index in [-0.39, 0.29) is 0 Å². The van der Waals surface area contributed by atoms with Crippen molar-refractivity contribution in [3.63, 3.8) is 0 Å². The van der Waals surface area contributed by atoms with Crippen LogP contribution in [0.2, 0.25) is 0 Å². The van der Waals surface area contributed by atoms with Gasteiger partial charge in [0.15, 0.2) is 0 Å². The Labute approximate surface area is 99.4 Å². The quantitative estimate of drug-likeness (QED) is 0.629. The van der Waals surface area contributed by atoms with Crippen LogP contribution in [0.3, 0.4) is 0 Å². The Morgan fingerprint density at radius 3 is 2.62 bits per heavy atom. The van der Waals surface area contributed by atoms with E-state index in [2.05, 4.69) is 36.9 Å². The summed E-state index contributed by atoms with van der Waals surface area (Å²) >= 11 is 0. The first-order valence-corrected chi connectivity index (χ1v) is 6.28.